The fourth-order valence-corrected chi connectivity index (χ4v) is 2.16. The predicted octanol–water partition coefficient (Wildman–Crippen LogP) is 1.46. The number of amides is 1. The van der Waals surface area contributed by atoms with Crippen molar-refractivity contribution in [1.29, 1.82) is 0 Å². The van der Waals surface area contributed by atoms with Gasteiger partial charge in [-0.25, -0.2) is 15.0 Å². The lowest BCUT2D eigenvalue weighted by molar-refractivity contribution is 0.102. The number of benzene rings is 1. The molecule has 0 aliphatic carbocycles. The van der Waals surface area contributed by atoms with E-state index < -0.39 is 6.10 Å². The molecular weight excluding hydrogens is 282 g/mol. The zero-order valence-corrected chi connectivity index (χ0v) is 12.0. The maximum Gasteiger partial charge on any atom is 0.256 e. The summed E-state index contributed by atoms with van der Waals surface area (Å²) in [6, 6.07) is 8.88. The smallest absolute Gasteiger partial charge is 0.256 e. The molecule has 2 N–H and O–H groups in total. The van der Waals surface area contributed by atoms with Crippen molar-refractivity contribution in [3.8, 4) is 0 Å². The third-order valence-electron chi connectivity index (χ3n) is 3.13. The Morgan fingerprint density at radius 3 is 2.77 bits per heavy atom. The van der Waals surface area contributed by atoms with E-state index in [1.54, 1.807) is 42.1 Å². The molecule has 7 nitrogen and oxygen atoms in total. The highest BCUT2D eigenvalue weighted by molar-refractivity contribution is 6.06. The van der Waals surface area contributed by atoms with Crippen molar-refractivity contribution in [2.75, 3.05) is 5.32 Å². The minimum atomic E-state index is -0.519. The molecule has 112 valence electrons. The molecule has 1 aromatic carbocycles. The molecule has 2 aromatic heterocycles. The summed E-state index contributed by atoms with van der Waals surface area (Å²) >= 11 is 0. The number of rotatable bonds is 4. The van der Waals surface area contributed by atoms with Crippen LogP contribution in [0.25, 0.3) is 11.2 Å². The topological polar surface area (TPSA) is 92.9 Å². The maximum absolute atomic E-state index is 12.2. The number of anilines is 1. The number of aliphatic hydroxyl groups is 1. The van der Waals surface area contributed by atoms with Gasteiger partial charge in [0.15, 0.2) is 17.0 Å². The van der Waals surface area contributed by atoms with Crippen LogP contribution in [0.1, 0.15) is 17.3 Å². The summed E-state index contributed by atoms with van der Waals surface area (Å²) in [6.45, 7) is 2.06. The number of fused-ring (bicyclic) bond motifs is 1. The highest BCUT2D eigenvalue weighted by Crippen LogP contribution is 2.18. The molecule has 0 aliphatic heterocycles. The average Bonchev–Trinajstić information content (AvgIpc) is 2.92. The van der Waals surface area contributed by atoms with Gasteiger partial charge in [0.2, 0.25) is 0 Å². The Balaban J connectivity index is 1.91. The summed E-state index contributed by atoms with van der Waals surface area (Å²) in [5.41, 5.74) is 1.60. The molecule has 0 bridgehead atoms. The Bertz CT molecular complexity index is 798. The van der Waals surface area contributed by atoms with Crippen LogP contribution in [0.15, 0.2) is 43.0 Å². The van der Waals surface area contributed by atoms with E-state index >= 15 is 0 Å². The number of carbonyl (C=O) groups is 1. The van der Waals surface area contributed by atoms with E-state index in [9.17, 15) is 9.90 Å². The monoisotopic (exact) mass is 297 g/mol. The van der Waals surface area contributed by atoms with Gasteiger partial charge < -0.3 is 15.0 Å². The quantitative estimate of drug-likeness (QED) is 0.760. The van der Waals surface area contributed by atoms with Crippen LogP contribution < -0.4 is 5.32 Å². The third-order valence-corrected chi connectivity index (χ3v) is 3.13. The Morgan fingerprint density at radius 2 is 2.05 bits per heavy atom. The first kappa shape index (κ1) is 14.2. The van der Waals surface area contributed by atoms with E-state index in [4.69, 9.17) is 0 Å². The molecule has 0 aliphatic rings. The second-order valence-corrected chi connectivity index (χ2v) is 4.96. The van der Waals surface area contributed by atoms with Crippen LogP contribution in [0.2, 0.25) is 0 Å². The van der Waals surface area contributed by atoms with Crippen LogP contribution >= 0.6 is 0 Å². The summed E-state index contributed by atoms with van der Waals surface area (Å²) in [5, 5.41) is 12.2. The SMILES string of the molecule is C[C@H](O)Cn1cnc2c(NC(=O)c3ccccc3)ncnc21. The molecule has 0 unspecified atom stereocenters. The van der Waals surface area contributed by atoms with Gasteiger partial charge in [0.05, 0.1) is 19.0 Å². The van der Waals surface area contributed by atoms with Gasteiger partial charge in [0.1, 0.15) is 6.33 Å². The number of imidazole rings is 1. The summed E-state index contributed by atoms with van der Waals surface area (Å²) in [4.78, 5) is 24.7. The molecule has 3 rings (SSSR count). The number of hydrogen-bond acceptors (Lipinski definition) is 5. The number of aliphatic hydroxyl groups excluding tert-OH is 1. The van der Waals surface area contributed by atoms with E-state index in [1.807, 2.05) is 6.07 Å². The second-order valence-electron chi connectivity index (χ2n) is 4.96. The van der Waals surface area contributed by atoms with E-state index in [1.165, 1.54) is 6.33 Å². The number of hydrogen-bond donors (Lipinski definition) is 2. The van der Waals surface area contributed by atoms with Crippen molar-refractivity contribution < 1.29 is 9.90 Å². The molecule has 0 saturated heterocycles. The van der Waals surface area contributed by atoms with Crippen molar-refractivity contribution in [2.24, 2.45) is 0 Å². The van der Waals surface area contributed by atoms with Crippen LogP contribution in [0.4, 0.5) is 5.82 Å². The number of carbonyl (C=O) groups excluding carboxylic acids is 1. The molecule has 0 radical (unpaired) electrons. The van der Waals surface area contributed by atoms with E-state index in [-0.39, 0.29) is 5.91 Å². The zero-order chi connectivity index (χ0) is 15.5. The van der Waals surface area contributed by atoms with Crippen LogP contribution in [0, 0.1) is 0 Å². The molecule has 7 heteroatoms. The van der Waals surface area contributed by atoms with Gasteiger partial charge in [0.25, 0.3) is 5.91 Å². The van der Waals surface area contributed by atoms with Gasteiger partial charge in [0, 0.05) is 5.56 Å². The Morgan fingerprint density at radius 1 is 1.27 bits per heavy atom. The molecule has 22 heavy (non-hydrogen) atoms. The lowest BCUT2D eigenvalue weighted by Crippen LogP contribution is -2.14. The predicted molar refractivity (Wildman–Crippen MR) is 81.4 cm³/mol. The van der Waals surface area contributed by atoms with Gasteiger partial charge in [-0.3, -0.25) is 4.79 Å². The fourth-order valence-electron chi connectivity index (χ4n) is 2.16. The first-order chi connectivity index (χ1) is 10.6. The Hall–Kier alpha value is -2.80. The second kappa shape index (κ2) is 5.90. The number of aromatic nitrogens is 4. The summed E-state index contributed by atoms with van der Waals surface area (Å²) in [6.07, 6.45) is 2.42. The third kappa shape index (κ3) is 2.79. The highest BCUT2D eigenvalue weighted by Gasteiger charge is 2.14. The van der Waals surface area contributed by atoms with Crippen LogP contribution in [-0.2, 0) is 6.54 Å². The van der Waals surface area contributed by atoms with Gasteiger partial charge >= 0.3 is 0 Å². The van der Waals surface area contributed by atoms with Crippen LogP contribution in [-0.4, -0.2) is 36.6 Å². The minimum Gasteiger partial charge on any atom is -0.392 e. The maximum atomic E-state index is 12.2. The molecule has 0 saturated carbocycles. The van der Waals surface area contributed by atoms with Crippen molar-refractivity contribution >= 4 is 22.9 Å². The molecule has 3 aromatic rings. The lowest BCUT2D eigenvalue weighted by Gasteiger charge is -2.07. The van der Waals surface area contributed by atoms with Gasteiger partial charge in [-0.1, -0.05) is 18.2 Å². The van der Waals surface area contributed by atoms with Crippen molar-refractivity contribution in [1.82, 2.24) is 19.5 Å². The first-order valence-corrected chi connectivity index (χ1v) is 6.85. The lowest BCUT2D eigenvalue weighted by atomic mass is 10.2. The first-order valence-electron chi connectivity index (χ1n) is 6.85. The number of nitrogens with one attached hydrogen (secondary N) is 1. The zero-order valence-electron chi connectivity index (χ0n) is 12.0. The summed E-state index contributed by atoms with van der Waals surface area (Å²) in [5.74, 6) is 0.0915. The van der Waals surface area contributed by atoms with Crippen LogP contribution in [0.3, 0.4) is 0 Å². The molecule has 2 heterocycles. The van der Waals surface area contributed by atoms with E-state index in [2.05, 4.69) is 20.3 Å². The largest absolute Gasteiger partial charge is 0.392 e. The normalized spacial score (nSPS) is 12.3. The minimum absolute atomic E-state index is 0.259. The van der Waals surface area contributed by atoms with Gasteiger partial charge in [-0.15, -0.1) is 0 Å². The average molecular weight is 297 g/mol. The van der Waals surface area contributed by atoms with Crippen molar-refractivity contribution in [3.63, 3.8) is 0 Å². The highest BCUT2D eigenvalue weighted by atomic mass is 16.3. The van der Waals surface area contributed by atoms with Gasteiger partial charge in [-0.05, 0) is 19.1 Å². The Labute approximate surface area is 126 Å². The molecule has 1 atom stereocenters. The summed E-state index contributed by atoms with van der Waals surface area (Å²) < 4.78 is 1.72. The van der Waals surface area contributed by atoms with Crippen molar-refractivity contribution in [3.05, 3.63) is 48.5 Å². The molecule has 0 spiro atoms. The molecule has 0 fully saturated rings. The molecule has 1 amide bonds. The summed E-state index contributed by atoms with van der Waals surface area (Å²) in [7, 11) is 0. The Kier molecular flexibility index (Phi) is 3.80. The van der Waals surface area contributed by atoms with Crippen LogP contribution in [0.5, 0.6) is 0 Å². The van der Waals surface area contributed by atoms with E-state index in [0.717, 1.165) is 0 Å². The molecular formula is C15H15N5O2. The van der Waals surface area contributed by atoms with Gasteiger partial charge in [-0.2, -0.15) is 0 Å². The fraction of sp³-hybridized carbons (Fsp3) is 0.200. The van der Waals surface area contributed by atoms with Crippen molar-refractivity contribution in [2.45, 2.75) is 19.6 Å². The standard InChI is InChI=1S/C15H15N5O2/c1-10(21)7-20-9-18-12-13(16-8-17-14(12)20)19-15(22)11-5-3-2-4-6-11/h2-6,8-10,21H,7H2,1H3,(H,16,17,19,22)/t10-/m0/s1. The van der Waals surface area contributed by atoms with E-state index in [0.29, 0.717) is 29.1 Å². The number of nitrogens with zero attached hydrogens (tertiary/aromatic N) is 4.